The molecule has 0 saturated heterocycles. The van der Waals surface area contributed by atoms with Crippen LogP contribution in [0.25, 0.3) is 0 Å². The Bertz CT molecular complexity index is 601. The van der Waals surface area contributed by atoms with Gasteiger partial charge in [-0.3, -0.25) is 0 Å². The van der Waals surface area contributed by atoms with E-state index in [1.165, 1.54) is 24.3 Å². The fourth-order valence-electron chi connectivity index (χ4n) is 1.74. The van der Waals surface area contributed by atoms with Gasteiger partial charge in [-0.1, -0.05) is 33.6 Å². The van der Waals surface area contributed by atoms with Crippen LogP contribution in [0.4, 0.5) is 13.2 Å². The van der Waals surface area contributed by atoms with Crippen molar-refractivity contribution in [2.24, 2.45) is 0 Å². The summed E-state index contributed by atoms with van der Waals surface area (Å²) in [6, 6.07) is 7.87. The van der Waals surface area contributed by atoms with Gasteiger partial charge >= 0.3 is 0 Å². The molecule has 0 aliphatic heterocycles. The zero-order valence-corrected chi connectivity index (χ0v) is 12.0. The summed E-state index contributed by atoms with van der Waals surface area (Å²) in [6.45, 7) is 0. The molecule has 0 amide bonds. The molecule has 0 heterocycles. The molecular weight excluding hydrogens is 341 g/mol. The molecule has 0 aromatic heterocycles. The molecule has 0 spiro atoms. The highest BCUT2D eigenvalue weighted by Crippen LogP contribution is 2.31. The van der Waals surface area contributed by atoms with Crippen molar-refractivity contribution >= 4 is 27.5 Å². The molecule has 1 atom stereocenters. The van der Waals surface area contributed by atoms with Crippen LogP contribution in [0.5, 0.6) is 0 Å². The zero-order chi connectivity index (χ0) is 14.0. The average molecular weight is 350 g/mol. The second-order valence-electron chi connectivity index (χ2n) is 4.09. The van der Waals surface area contributed by atoms with E-state index in [9.17, 15) is 13.2 Å². The lowest BCUT2D eigenvalue weighted by molar-refractivity contribution is 0.507. The Balaban J connectivity index is 2.22. The first-order chi connectivity index (χ1) is 8.97. The maximum atomic E-state index is 13.6. The molecule has 0 saturated carbocycles. The molecule has 2 aromatic rings. The Morgan fingerprint density at radius 2 is 1.63 bits per heavy atom. The number of benzene rings is 2. The number of alkyl halides is 1. The number of hydrogen-bond acceptors (Lipinski definition) is 0. The summed E-state index contributed by atoms with van der Waals surface area (Å²) in [5, 5.41) is 0.422. The third-order valence-electron chi connectivity index (χ3n) is 2.69. The van der Waals surface area contributed by atoms with E-state index < -0.39 is 17.5 Å². The maximum absolute atomic E-state index is 13.6. The van der Waals surface area contributed by atoms with Gasteiger partial charge in [-0.05, 0) is 42.3 Å². The van der Waals surface area contributed by atoms with Gasteiger partial charge in [-0.25, -0.2) is 13.2 Å². The molecule has 2 aromatic carbocycles. The summed E-state index contributed by atoms with van der Waals surface area (Å²) < 4.78 is 39.5. The number of rotatable bonds is 3. The molecule has 0 radical (unpaired) electrons. The van der Waals surface area contributed by atoms with Crippen molar-refractivity contribution in [3.8, 4) is 0 Å². The van der Waals surface area contributed by atoms with E-state index in [1.54, 1.807) is 0 Å². The Morgan fingerprint density at radius 3 is 2.32 bits per heavy atom. The van der Waals surface area contributed by atoms with Gasteiger partial charge in [-0.15, -0.1) is 0 Å². The van der Waals surface area contributed by atoms with Crippen molar-refractivity contribution in [2.45, 2.75) is 11.2 Å². The molecular formula is C14H9BrClF3. The summed E-state index contributed by atoms with van der Waals surface area (Å²) in [5.74, 6) is -2.21. The summed E-state index contributed by atoms with van der Waals surface area (Å²) >= 11 is 9.15. The van der Waals surface area contributed by atoms with E-state index in [0.717, 1.165) is 12.1 Å². The van der Waals surface area contributed by atoms with Crippen molar-refractivity contribution < 1.29 is 13.2 Å². The van der Waals surface area contributed by atoms with E-state index in [4.69, 9.17) is 11.6 Å². The third-order valence-corrected chi connectivity index (χ3v) is 3.75. The van der Waals surface area contributed by atoms with Gasteiger partial charge in [0, 0.05) is 15.4 Å². The quantitative estimate of drug-likeness (QED) is 0.648. The molecule has 2 rings (SSSR count). The van der Waals surface area contributed by atoms with E-state index in [1.807, 2.05) is 0 Å². The monoisotopic (exact) mass is 348 g/mol. The van der Waals surface area contributed by atoms with Gasteiger partial charge in [0.2, 0.25) is 0 Å². The largest absolute Gasteiger partial charge is 0.207 e. The van der Waals surface area contributed by atoms with Gasteiger partial charge in [0.05, 0.1) is 0 Å². The fraction of sp³-hybridized carbons (Fsp3) is 0.143. The van der Waals surface area contributed by atoms with Crippen molar-refractivity contribution in [2.75, 3.05) is 0 Å². The second-order valence-corrected chi connectivity index (χ2v) is 5.63. The summed E-state index contributed by atoms with van der Waals surface area (Å²) in [7, 11) is 0. The normalized spacial score (nSPS) is 12.5. The van der Waals surface area contributed by atoms with Crippen LogP contribution >= 0.6 is 27.5 Å². The standard InChI is InChI=1S/C14H9BrClF3/c15-11(10-7-9(16)2-4-12(10)17)5-8-1-3-13(18)14(19)6-8/h1-4,6-7,11H,5H2. The van der Waals surface area contributed by atoms with Crippen LogP contribution in [-0.2, 0) is 6.42 Å². The Morgan fingerprint density at radius 1 is 0.947 bits per heavy atom. The first-order valence-electron chi connectivity index (χ1n) is 5.50. The minimum Gasteiger partial charge on any atom is -0.207 e. The van der Waals surface area contributed by atoms with Crippen molar-refractivity contribution in [3.63, 3.8) is 0 Å². The van der Waals surface area contributed by atoms with Gasteiger partial charge < -0.3 is 0 Å². The van der Waals surface area contributed by atoms with Crippen LogP contribution in [0.1, 0.15) is 16.0 Å². The topological polar surface area (TPSA) is 0 Å². The van der Waals surface area contributed by atoms with Crippen molar-refractivity contribution in [1.29, 1.82) is 0 Å². The van der Waals surface area contributed by atoms with Crippen LogP contribution in [0.15, 0.2) is 36.4 Å². The molecule has 19 heavy (non-hydrogen) atoms. The highest BCUT2D eigenvalue weighted by atomic mass is 79.9. The molecule has 0 aliphatic rings. The highest BCUT2D eigenvalue weighted by molar-refractivity contribution is 9.09. The molecule has 100 valence electrons. The summed E-state index contributed by atoms with van der Waals surface area (Å²) in [4.78, 5) is -0.365. The Labute approximate surface area is 122 Å². The minimum absolute atomic E-state index is 0.328. The molecule has 0 N–H and O–H groups in total. The summed E-state index contributed by atoms with van der Waals surface area (Å²) in [6.07, 6.45) is 0.328. The van der Waals surface area contributed by atoms with Gasteiger partial charge in [0.15, 0.2) is 11.6 Å². The first kappa shape index (κ1) is 14.4. The zero-order valence-electron chi connectivity index (χ0n) is 9.64. The van der Waals surface area contributed by atoms with E-state index >= 15 is 0 Å². The maximum Gasteiger partial charge on any atom is 0.159 e. The molecule has 1 unspecified atom stereocenters. The lowest BCUT2D eigenvalue weighted by Gasteiger charge is -2.12. The molecule has 0 bridgehead atoms. The van der Waals surface area contributed by atoms with Crippen molar-refractivity contribution in [1.82, 2.24) is 0 Å². The first-order valence-corrected chi connectivity index (χ1v) is 6.79. The summed E-state index contributed by atoms with van der Waals surface area (Å²) in [5.41, 5.74) is 0.956. The molecule has 0 fully saturated rings. The minimum atomic E-state index is -0.913. The van der Waals surface area contributed by atoms with Crippen LogP contribution in [0.3, 0.4) is 0 Å². The lowest BCUT2D eigenvalue weighted by Crippen LogP contribution is -1.99. The lowest BCUT2D eigenvalue weighted by atomic mass is 10.0. The highest BCUT2D eigenvalue weighted by Gasteiger charge is 2.15. The number of halogens is 5. The Hall–Kier alpha value is -1.00. The van der Waals surface area contributed by atoms with Crippen LogP contribution in [0.2, 0.25) is 5.02 Å². The second kappa shape index (κ2) is 5.97. The van der Waals surface area contributed by atoms with Gasteiger partial charge in [-0.2, -0.15) is 0 Å². The molecule has 0 aliphatic carbocycles. The molecule has 5 heteroatoms. The molecule has 0 nitrogen and oxygen atoms in total. The van der Waals surface area contributed by atoms with Crippen LogP contribution in [-0.4, -0.2) is 0 Å². The van der Waals surface area contributed by atoms with E-state index in [2.05, 4.69) is 15.9 Å². The number of hydrogen-bond donors (Lipinski definition) is 0. The SMILES string of the molecule is Fc1ccc(CC(Br)c2cc(Cl)ccc2F)cc1F. The van der Waals surface area contributed by atoms with Gasteiger partial charge in [0.25, 0.3) is 0 Å². The van der Waals surface area contributed by atoms with Crippen molar-refractivity contribution in [3.05, 3.63) is 70.0 Å². The van der Waals surface area contributed by atoms with E-state index in [0.29, 0.717) is 22.6 Å². The van der Waals surface area contributed by atoms with Gasteiger partial charge in [0.1, 0.15) is 5.82 Å². The Kier molecular flexibility index (Phi) is 4.53. The van der Waals surface area contributed by atoms with E-state index in [-0.39, 0.29) is 4.83 Å². The third kappa shape index (κ3) is 3.51. The predicted molar refractivity (Wildman–Crippen MR) is 73.1 cm³/mol. The van der Waals surface area contributed by atoms with Crippen LogP contribution < -0.4 is 0 Å². The average Bonchev–Trinajstić information content (AvgIpc) is 2.36. The fourth-order valence-corrected chi connectivity index (χ4v) is 2.64. The smallest absolute Gasteiger partial charge is 0.159 e. The predicted octanol–water partition coefficient (Wildman–Crippen LogP) is 5.44. The van der Waals surface area contributed by atoms with Crippen LogP contribution in [0, 0.1) is 17.5 Å².